The van der Waals surface area contributed by atoms with Crippen molar-refractivity contribution in [1.29, 1.82) is 0 Å². The van der Waals surface area contributed by atoms with E-state index >= 15 is 0 Å². The van der Waals surface area contributed by atoms with Crippen molar-refractivity contribution < 1.29 is 9.15 Å². The van der Waals surface area contributed by atoms with Crippen LogP contribution in [-0.2, 0) is 15.6 Å². The Hall–Kier alpha value is -5.80. The molecule has 1 saturated heterocycles. The number of benzene rings is 4. The Labute approximate surface area is 365 Å². The zero-order valence-electron chi connectivity index (χ0n) is 36.2. The maximum atomic E-state index is 7.21. The molecule has 0 N–H and O–H groups in total. The van der Waals surface area contributed by atoms with E-state index < -0.39 is 0 Å². The Balaban J connectivity index is 0.919. The van der Waals surface area contributed by atoms with Crippen molar-refractivity contribution in [3.63, 3.8) is 0 Å². The third kappa shape index (κ3) is 4.72. The molecule has 4 aromatic carbocycles. The maximum Gasteiger partial charge on any atom is 0.143 e. The first-order valence-electron chi connectivity index (χ1n) is 23.6. The molecule has 14 rings (SSSR count). The Morgan fingerprint density at radius 1 is 0.710 bits per heavy atom. The summed E-state index contributed by atoms with van der Waals surface area (Å²) in [6, 6.07) is 32.4. The van der Waals surface area contributed by atoms with Crippen molar-refractivity contribution in [3.05, 3.63) is 189 Å². The highest BCUT2D eigenvalue weighted by Gasteiger charge is 2.59. The first kappa shape index (κ1) is 35.8. The lowest BCUT2D eigenvalue weighted by Gasteiger charge is -2.33. The average molecular weight is 808 g/mol. The number of allylic oxidation sites excluding steroid dienone is 11. The van der Waals surface area contributed by atoms with E-state index in [4.69, 9.17) is 9.15 Å². The van der Waals surface area contributed by atoms with Crippen molar-refractivity contribution in [1.82, 2.24) is 0 Å². The number of furan rings is 1. The summed E-state index contributed by atoms with van der Waals surface area (Å²) in [6.45, 7) is 9.63. The van der Waals surface area contributed by atoms with Gasteiger partial charge in [-0.1, -0.05) is 125 Å². The fraction of sp³-hybridized carbons (Fsp3) is 0.322. The molecule has 0 bridgehead atoms. The zero-order chi connectivity index (χ0) is 41.2. The largest absolute Gasteiger partial charge is 0.487 e. The molecule has 306 valence electrons. The third-order valence-electron chi connectivity index (χ3n) is 17.0. The van der Waals surface area contributed by atoms with Gasteiger partial charge in [0.05, 0.1) is 5.70 Å². The van der Waals surface area contributed by atoms with E-state index in [-0.39, 0.29) is 16.9 Å². The number of hydrogen-bond donors (Lipinski definition) is 0. The summed E-state index contributed by atoms with van der Waals surface area (Å²) in [6.07, 6.45) is 26.6. The van der Waals surface area contributed by atoms with E-state index in [2.05, 4.69) is 166 Å². The smallest absolute Gasteiger partial charge is 0.143 e. The number of ether oxygens (including phenoxy) is 1. The van der Waals surface area contributed by atoms with Gasteiger partial charge in [-0.05, 0) is 149 Å². The lowest BCUT2D eigenvalue weighted by Crippen LogP contribution is -2.23. The molecule has 0 radical (unpaired) electrons. The van der Waals surface area contributed by atoms with Gasteiger partial charge in [-0.15, -0.1) is 0 Å². The summed E-state index contributed by atoms with van der Waals surface area (Å²) in [5.41, 5.74) is 20.1. The topological polar surface area (TPSA) is 25.6 Å². The van der Waals surface area contributed by atoms with E-state index in [1.54, 1.807) is 0 Å². The molecule has 2 fully saturated rings. The lowest BCUT2D eigenvalue weighted by molar-refractivity contribution is 0.128. The second-order valence-electron chi connectivity index (χ2n) is 20.8. The second-order valence-corrected chi connectivity index (χ2v) is 20.8. The summed E-state index contributed by atoms with van der Waals surface area (Å²) >= 11 is 0. The Kier molecular flexibility index (Phi) is 7.17. The van der Waals surface area contributed by atoms with Crippen LogP contribution in [0.4, 0.5) is 11.4 Å². The quantitative estimate of drug-likeness (QED) is 0.169. The summed E-state index contributed by atoms with van der Waals surface area (Å²) < 4.78 is 14.3. The Morgan fingerprint density at radius 3 is 2.35 bits per heavy atom. The fourth-order valence-electron chi connectivity index (χ4n) is 13.9. The minimum Gasteiger partial charge on any atom is -0.487 e. The molecule has 3 heteroatoms. The second kappa shape index (κ2) is 12.4. The van der Waals surface area contributed by atoms with E-state index in [1.807, 2.05) is 0 Å². The predicted molar refractivity (Wildman–Crippen MR) is 252 cm³/mol. The number of anilines is 2. The molecule has 0 spiro atoms. The number of nitrogens with zero attached hydrogens (tertiary/aromatic N) is 1. The molecule has 0 amide bonds. The number of hydrogen-bond acceptors (Lipinski definition) is 3. The normalized spacial score (nSPS) is 29.3. The fourth-order valence-corrected chi connectivity index (χ4v) is 13.9. The molecule has 1 aromatic heterocycles. The van der Waals surface area contributed by atoms with Crippen LogP contribution in [-0.4, -0.2) is 6.10 Å². The average Bonchev–Trinajstić information content (AvgIpc) is 3.47. The SMILES string of the molecule is CC1(C)C2=CC3C(C=C2c2ccccc21)C3C1c2oc3ccc(N(C4=C5OC6CCC=CC6C5=CCC4)c4ccc5c(c4)C(C)(C)c4ccccc4-5)cc3c2C=C2C=CCCC21. The van der Waals surface area contributed by atoms with E-state index in [0.717, 1.165) is 43.4 Å². The number of rotatable bonds is 4. The Morgan fingerprint density at radius 2 is 1.47 bits per heavy atom. The third-order valence-corrected chi connectivity index (χ3v) is 17.0. The van der Waals surface area contributed by atoms with Crippen LogP contribution in [0.15, 0.2) is 160 Å². The first-order valence-corrected chi connectivity index (χ1v) is 23.6. The molecule has 8 aliphatic carbocycles. The molecule has 2 heterocycles. The van der Waals surface area contributed by atoms with Crippen molar-refractivity contribution >= 4 is 34.0 Å². The van der Waals surface area contributed by atoms with Crippen molar-refractivity contribution in [2.24, 2.45) is 29.6 Å². The highest BCUT2D eigenvalue weighted by atomic mass is 16.5. The van der Waals surface area contributed by atoms with Gasteiger partial charge >= 0.3 is 0 Å². The van der Waals surface area contributed by atoms with Crippen molar-refractivity contribution in [3.8, 4) is 11.1 Å². The molecular weight excluding hydrogens is 755 g/mol. The molecular formula is C59H53NO2. The summed E-state index contributed by atoms with van der Waals surface area (Å²) in [5.74, 6) is 5.11. The van der Waals surface area contributed by atoms with Gasteiger partial charge in [0.15, 0.2) is 0 Å². The Bertz CT molecular complexity index is 3060. The molecule has 62 heavy (non-hydrogen) atoms. The summed E-state index contributed by atoms with van der Waals surface area (Å²) in [7, 11) is 0. The van der Waals surface area contributed by atoms with Crippen molar-refractivity contribution in [2.75, 3.05) is 4.90 Å². The standard InChI is InChI=1S/C59H53NO2/c1-58(2)47-20-10-7-16-37(47)39-26-24-35(30-49(39)58)60(51-22-13-19-41-40-18-9-12-23-52(40)61-56(41)51)34-25-27-53-43(29-34)46-28-33-14-5-6-15-36(33)55(57(46)62-53)54-44-31-42-38-17-8-11-21-48(38)59(3,4)50(42)32-45(44)54/h5,7-11,14,16-21,24-32,36,40,44-45,52,54-55H,6,12-13,15,22-23H2,1-4H3. The van der Waals surface area contributed by atoms with Gasteiger partial charge in [0, 0.05) is 50.6 Å². The summed E-state index contributed by atoms with van der Waals surface area (Å²) in [4.78, 5) is 2.56. The van der Waals surface area contributed by atoms with Crippen LogP contribution in [0.2, 0.25) is 0 Å². The minimum atomic E-state index is -0.102. The number of fused-ring (bicyclic) bond motifs is 14. The molecule has 9 aliphatic rings. The van der Waals surface area contributed by atoms with Gasteiger partial charge in [-0.2, -0.15) is 0 Å². The minimum absolute atomic E-state index is 0.0283. The molecule has 1 aliphatic heterocycles. The first-order chi connectivity index (χ1) is 30.3. The molecule has 7 atom stereocenters. The maximum absolute atomic E-state index is 7.21. The van der Waals surface area contributed by atoms with Gasteiger partial charge in [-0.3, -0.25) is 0 Å². The van der Waals surface area contributed by atoms with Crippen LogP contribution in [0.3, 0.4) is 0 Å². The highest BCUT2D eigenvalue weighted by Crippen LogP contribution is 2.67. The molecule has 7 unspecified atom stereocenters. The highest BCUT2D eigenvalue weighted by molar-refractivity contribution is 5.95. The molecule has 5 aromatic rings. The van der Waals surface area contributed by atoms with Gasteiger partial charge < -0.3 is 14.1 Å². The van der Waals surface area contributed by atoms with Crippen LogP contribution in [0.25, 0.3) is 33.7 Å². The van der Waals surface area contributed by atoms with Crippen LogP contribution in [0, 0.1) is 29.6 Å². The van der Waals surface area contributed by atoms with Crippen LogP contribution in [0.1, 0.15) is 106 Å². The molecule has 3 nitrogen and oxygen atoms in total. The predicted octanol–water partition coefficient (Wildman–Crippen LogP) is 14.8. The van der Waals surface area contributed by atoms with Crippen LogP contribution >= 0.6 is 0 Å². The van der Waals surface area contributed by atoms with Gasteiger partial charge in [0.2, 0.25) is 0 Å². The van der Waals surface area contributed by atoms with Gasteiger partial charge in [-0.25, -0.2) is 0 Å². The lowest BCUT2D eigenvalue weighted by atomic mass is 9.70. The van der Waals surface area contributed by atoms with E-state index in [0.29, 0.717) is 35.5 Å². The van der Waals surface area contributed by atoms with Crippen molar-refractivity contribution in [2.45, 2.75) is 89.1 Å². The zero-order valence-corrected chi connectivity index (χ0v) is 36.2. The summed E-state index contributed by atoms with van der Waals surface area (Å²) in [5, 5.41) is 1.22. The van der Waals surface area contributed by atoms with E-state index in [9.17, 15) is 0 Å². The molecule has 1 saturated carbocycles. The van der Waals surface area contributed by atoms with Gasteiger partial charge in [0.1, 0.15) is 23.2 Å². The van der Waals surface area contributed by atoms with Gasteiger partial charge in [0.25, 0.3) is 0 Å². The monoisotopic (exact) mass is 807 g/mol. The van der Waals surface area contributed by atoms with Crippen LogP contribution < -0.4 is 4.90 Å². The van der Waals surface area contributed by atoms with E-state index in [1.165, 1.54) is 95.9 Å². The van der Waals surface area contributed by atoms with Crippen LogP contribution in [0.5, 0.6) is 0 Å².